The zero-order valence-electron chi connectivity index (χ0n) is 13.0. The summed E-state index contributed by atoms with van der Waals surface area (Å²) >= 11 is 0. The fourth-order valence-electron chi connectivity index (χ4n) is 1.95. The summed E-state index contributed by atoms with van der Waals surface area (Å²) in [5.74, 6) is -0.745. The van der Waals surface area contributed by atoms with E-state index in [1.165, 1.54) is 0 Å². The Hall–Kier alpha value is -3.15. The van der Waals surface area contributed by atoms with E-state index in [-0.39, 0.29) is 19.4 Å². The maximum absolute atomic E-state index is 11.8. The molecule has 0 aliphatic carbocycles. The Morgan fingerprint density at radius 1 is 0.958 bits per heavy atom. The van der Waals surface area contributed by atoms with E-state index in [9.17, 15) is 9.59 Å². The van der Waals surface area contributed by atoms with Crippen molar-refractivity contribution in [3.8, 4) is 5.75 Å². The number of carboxylic acids is 1. The van der Waals surface area contributed by atoms with Crippen molar-refractivity contribution in [2.75, 3.05) is 6.61 Å². The number of amides is 1. The van der Waals surface area contributed by atoms with Gasteiger partial charge in [0.25, 0.3) is 5.91 Å². The molecule has 0 aliphatic rings. The van der Waals surface area contributed by atoms with Crippen molar-refractivity contribution in [1.82, 2.24) is 5.43 Å². The SMILES string of the molecule is O=C(O)CC/C(=N/NC(=O)COc1ccccc1)c1ccccc1. The van der Waals surface area contributed by atoms with Crippen molar-refractivity contribution in [3.63, 3.8) is 0 Å². The van der Waals surface area contributed by atoms with Gasteiger partial charge in [-0.1, -0.05) is 48.5 Å². The molecular weight excluding hydrogens is 308 g/mol. The maximum atomic E-state index is 11.8. The van der Waals surface area contributed by atoms with Crippen LogP contribution in [0.1, 0.15) is 18.4 Å². The van der Waals surface area contributed by atoms with Crippen LogP contribution in [0.15, 0.2) is 65.8 Å². The van der Waals surface area contributed by atoms with Crippen LogP contribution in [0.4, 0.5) is 0 Å². The number of aliphatic carboxylic acids is 1. The molecule has 24 heavy (non-hydrogen) atoms. The number of hydrazone groups is 1. The molecule has 0 saturated heterocycles. The van der Waals surface area contributed by atoms with Crippen LogP contribution in [0.3, 0.4) is 0 Å². The second-order valence-electron chi connectivity index (χ2n) is 4.95. The topological polar surface area (TPSA) is 88.0 Å². The molecule has 0 fully saturated rings. The molecule has 0 heterocycles. The van der Waals surface area contributed by atoms with Crippen molar-refractivity contribution in [3.05, 3.63) is 66.2 Å². The average Bonchev–Trinajstić information content (AvgIpc) is 2.61. The Bertz CT molecular complexity index is 699. The third kappa shape index (κ3) is 5.92. The number of carbonyl (C=O) groups is 2. The molecule has 0 unspecified atom stereocenters. The number of benzene rings is 2. The number of carboxylic acid groups (broad SMARTS) is 1. The van der Waals surface area contributed by atoms with Gasteiger partial charge in [0.15, 0.2) is 6.61 Å². The van der Waals surface area contributed by atoms with E-state index in [0.29, 0.717) is 11.5 Å². The molecule has 6 nitrogen and oxygen atoms in total. The maximum Gasteiger partial charge on any atom is 0.303 e. The number of ether oxygens (including phenoxy) is 1. The summed E-state index contributed by atoms with van der Waals surface area (Å²) in [5.41, 5.74) is 3.68. The highest BCUT2D eigenvalue weighted by atomic mass is 16.5. The van der Waals surface area contributed by atoms with Crippen molar-refractivity contribution < 1.29 is 19.4 Å². The van der Waals surface area contributed by atoms with Gasteiger partial charge in [0, 0.05) is 6.42 Å². The fourth-order valence-corrected chi connectivity index (χ4v) is 1.95. The number of nitrogens with zero attached hydrogens (tertiary/aromatic N) is 1. The van der Waals surface area contributed by atoms with Crippen molar-refractivity contribution in [1.29, 1.82) is 0 Å². The van der Waals surface area contributed by atoms with Gasteiger partial charge in [-0.3, -0.25) is 9.59 Å². The van der Waals surface area contributed by atoms with E-state index in [4.69, 9.17) is 9.84 Å². The largest absolute Gasteiger partial charge is 0.484 e. The van der Waals surface area contributed by atoms with Crippen LogP contribution in [-0.2, 0) is 9.59 Å². The highest BCUT2D eigenvalue weighted by Crippen LogP contribution is 2.08. The van der Waals surface area contributed by atoms with Crippen LogP contribution < -0.4 is 10.2 Å². The van der Waals surface area contributed by atoms with Gasteiger partial charge in [-0.15, -0.1) is 0 Å². The molecule has 2 N–H and O–H groups in total. The summed E-state index contributed by atoms with van der Waals surface area (Å²) in [6, 6.07) is 18.1. The summed E-state index contributed by atoms with van der Waals surface area (Å²) in [5, 5.41) is 12.9. The second kappa shape index (κ2) is 9.09. The van der Waals surface area contributed by atoms with Gasteiger partial charge in [0.2, 0.25) is 0 Å². The lowest BCUT2D eigenvalue weighted by molar-refractivity contribution is -0.136. The van der Waals surface area contributed by atoms with Gasteiger partial charge in [-0.05, 0) is 17.7 Å². The monoisotopic (exact) mass is 326 g/mol. The number of rotatable bonds is 8. The van der Waals surface area contributed by atoms with E-state index in [1.54, 1.807) is 12.1 Å². The van der Waals surface area contributed by atoms with Gasteiger partial charge >= 0.3 is 5.97 Å². The molecular formula is C18H18N2O4. The zero-order chi connectivity index (χ0) is 17.2. The van der Waals surface area contributed by atoms with Crippen LogP contribution in [0.2, 0.25) is 0 Å². The summed E-state index contributed by atoms with van der Waals surface area (Å²) in [4.78, 5) is 22.6. The summed E-state index contributed by atoms with van der Waals surface area (Å²) in [6.45, 7) is -0.172. The molecule has 0 saturated carbocycles. The summed E-state index contributed by atoms with van der Waals surface area (Å²) in [6.07, 6.45) is 0.156. The van der Waals surface area contributed by atoms with Crippen LogP contribution in [0.5, 0.6) is 5.75 Å². The molecule has 6 heteroatoms. The number of para-hydroxylation sites is 1. The number of hydrogen-bond donors (Lipinski definition) is 2. The highest BCUT2D eigenvalue weighted by molar-refractivity contribution is 6.02. The number of nitrogens with one attached hydrogen (secondary N) is 1. The Balaban J connectivity index is 1.95. The van der Waals surface area contributed by atoms with Crippen LogP contribution >= 0.6 is 0 Å². The van der Waals surface area contributed by atoms with Gasteiger partial charge in [0.05, 0.1) is 12.1 Å². The molecule has 0 radical (unpaired) electrons. The Morgan fingerprint density at radius 3 is 2.21 bits per heavy atom. The summed E-state index contributed by atoms with van der Waals surface area (Å²) < 4.78 is 5.33. The number of carbonyl (C=O) groups excluding carboxylic acids is 1. The van der Waals surface area contributed by atoms with Crippen LogP contribution in [0, 0.1) is 0 Å². The smallest absolute Gasteiger partial charge is 0.303 e. The standard InChI is InChI=1S/C18H18N2O4/c21-17(13-24-15-9-5-2-6-10-15)20-19-16(11-12-18(22)23)14-7-3-1-4-8-14/h1-10H,11-13H2,(H,20,21)(H,22,23)/b19-16-. The molecule has 2 rings (SSSR count). The van der Waals surface area contributed by atoms with Gasteiger partial charge in [-0.25, -0.2) is 5.43 Å². The molecule has 2 aromatic carbocycles. The third-order valence-corrected chi connectivity index (χ3v) is 3.11. The Kier molecular flexibility index (Phi) is 6.52. The molecule has 0 bridgehead atoms. The van der Waals surface area contributed by atoms with Crippen molar-refractivity contribution >= 4 is 17.6 Å². The summed E-state index contributed by atoms with van der Waals surface area (Å²) in [7, 11) is 0. The van der Waals surface area contributed by atoms with Gasteiger partial charge in [0.1, 0.15) is 5.75 Å². The van der Waals surface area contributed by atoms with Crippen LogP contribution in [0.25, 0.3) is 0 Å². The predicted octanol–water partition coefficient (Wildman–Crippen LogP) is 2.45. The average molecular weight is 326 g/mol. The van der Waals surface area contributed by atoms with Crippen molar-refractivity contribution in [2.24, 2.45) is 5.10 Å². The molecule has 0 aromatic heterocycles. The van der Waals surface area contributed by atoms with Gasteiger partial charge < -0.3 is 9.84 Å². The van der Waals surface area contributed by atoms with E-state index >= 15 is 0 Å². The third-order valence-electron chi connectivity index (χ3n) is 3.11. The van der Waals surface area contributed by atoms with E-state index < -0.39 is 11.9 Å². The first-order valence-corrected chi connectivity index (χ1v) is 7.45. The lowest BCUT2D eigenvalue weighted by atomic mass is 10.1. The normalized spacial score (nSPS) is 10.9. The molecule has 2 aromatic rings. The minimum atomic E-state index is -0.919. The molecule has 0 aliphatic heterocycles. The second-order valence-corrected chi connectivity index (χ2v) is 4.95. The minimum Gasteiger partial charge on any atom is -0.484 e. The zero-order valence-corrected chi connectivity index (χ0v) is 13.0. The van der Waals surface area contributed by atoms with Gasteiger partial charge in [-0.2, -0.15) is 5.10 Å². The van der Waals surface area contributed by atoms with Crippen molar-refractivity contribution in [2.45, 2.75) is 12.8 Å². The minimum absolute atomic E-state index is 0.0654. The lowest BCUT2D eigenvalue weighted by Gasteiger charge is -2.07. The van der Waals surface area contributed by atoms with E-state index in [2.05, 4.69) is 10.5 Å². The first kappa shape index (κ1) is 17.2. The lowest BCUT2D eigenvalue weighted by Crippen LogP contribution is -2.26. The Morgan fingerprint density at radius 2 is 1.58 bits per heavy atom. The fraction of sp³-hybridized carbons (Fsp3) is 0.167. The highest BCUT2D eigenvalue weighted by Gasteiger charge is 2.08. The van der Waals surface area contributed by atoms with E-state index in [0.717, 1.165) is 5.56 Å². The Labute approximate surface area is 139 Å². The van der Waals surface area contributed by atoms with Crippen LogP contribution in [-0.4, -0.2) is 29.3 Å². The number of hydrogen-bond acceptors (Lipinski definition) is 4. The molecule has 0 spiro atoms. The predicted molar refractivity (Wildman–Crippen MR) is 89.9 cm³/mol. The quantitative estimate of drug-likeness (QED) is 0.576. The molecule has 124 valence electrons. The molecule has 0 atom stereocenters. The first-order valence-electron chi connectivity index (χ1n) is 7.45. The first-order chi connectivity index (χ1) is 11.6. The molecule has 1 amide bonds. The van der Waals surface area contributed by atoms with E-state index in [1.807, 2.05) is 48.5 Å².